The molecule has 4 aliphatic rings. The van der Waals surface area contributed by atoms with Crippen molar-refractivity contribution in [2.45, 2.75) is 37.5 Å². The third kappa shape index (κ3) is 2.54. The van der Waals surface area contributed by atoms with Crippen LogP contribution in [-0.4, -0.2) is 55.9 Å². The van der Waals surface area contributed by atoms with Crippen molar-refractivity contribution < 1.29 is 13.9 Å². The lowest BCUT2D eigenvalue weighted by Crippen LogP contribution is -2.39. The zero-order chi connectivity index (χ0) is 24.2. The number of ether oxygens (including phenoxy) is 1. The van der Waals surface area contributed by atoms with Gasteiger partial charge in [0.2, 0.25) is 5.91 Å². The molecule has 9 nitrogen and oxygen atoms in total. The molecule has 1 aromatic carbocycles. The molecule has 10 heteroatoms. The van der Waals surface area contributed by atoms with Gasteiger partial charge in [-0.1, -0.05) is 18.2 Å². The monoisotopic (exact) mass is 483 g/mol. The Morgan fingerprint density at radius 1 is 1.22 bits per heavy atom. The normalized spacial score (nSPS) is 27.4. The van der Waals surface area contributed by atoms with Crippen molar-refractivity contribution in [3.05, 3.63) is 59.5 Å². The molecule has 180 valence electrons. The van der Waals surface area contributed by atoms with Gasteiger partial charge in [0.1, 0.15) is 23.1 Å². The predicted molar refractivity (Wildman–Crippen MR) is 129 cm³/mol. The van der Waals surface area contributed by atoms with Crippen LogP contribution in [0, 0.1) is 11.7 Å². The van der Waals surface area contributed by atoms with E-state index in [2.05, 4.69) is 15.2 Å². The molecule has 8 rings (SSSR count). The number of carbonyl (C=O) groups is 1. The van der Waals surface area contributed by atoms with Gasteiger partial charge in [0.25, 0.3) is 0 Å². The average Bonchev–Trinajstić information content (AvgIpc) is 3.58. The molecule has 0 aliphatic carbocycles. The van der Waals surface area contributed by atoms with Crippen LogP contribution in [0.4, 0.5) is 16.0 Å². The van der Waals surface area contributed by atoms with Crippen molar-refractivity contribution in [2.75, 3.05) is 23.4 Å². The topological polar surface area (TPSA) is 98.1 Å². The fraction of sp³-hybridized carbons (Fsp3) is 0.346. The first-order valence-electron chi connectivity index (χ1n) is 12.2. The Hall–Kier alpha value is -3.92. The van der Waals surface area contributed by atoms with Gasteiger partial charge in [-0.15, -0.1) is 0 Å². The van der Waals surface area contributed by atoms with Crippen LogP contribution in [0.15, 0.2) is 42.6 Å². The summed E-state index contributed by atoms with van der Waals surface area (Å²) in [4.78, 5) is 29.9. The summed E-state index contributed by atoms with van der Waals surface area (Å²) in [5.41, 5.74) is 1.87. The number of morpholine rings is 1. The molecule has 4 atom stereocenters. The number of aromatic nitrogens is 5. The summed E-state index contributed by atoms with van der Waals surface area (Å²) in [5.74, 6) is 1.70. The number of anilines is 2. The van der Waals surface area contributed by atoms with Crippen LogP contribution in [-0.2, 0) is 21.5 Å². The Morgan fingerprint density at radius 3 is 3.00 bits per heavy atom. The minimum Gasteiger partial charge on any atom is -0.374 e. The minimum absolute atomic E-state index is 0.0463. The van der Waals surface area contributed by atoms with Gasteiger partial charge < -0.3 is 15.0 Å². The molecule has 2 unspecified atom stereocenters. The van der Waals surface area contributed by atoms with Crippen LogP contribution in [0.25, 0.3) is 22.6 Å². The minimum atomic E-state index is -0.693. The third-order valence-electron chi connectivity index (χ3n) is 8.32. The lowest BCUT2D eigenvalue weighted by atomic mass is 9.75. The summed E-state index contributed by atoms with van der Waals surface area (Å²) in [5, 5.41) is 8.60. The van der Waals surface area contributed by atoms with E-state index in [4.69, 9.17) is 19.8 Å². The first-order valence-corrected chi connectivity index (χ1v) is 12.2. The fourth-order valence-electron chi connectivity index (χ4n) is 6.53. The van der Waals surface area contributed by atoms with Crippen LogP contribution in [0.2, 0.25) is 0 Å². The van der Waals surface area contributed by atoms with Gasteiger partial charge >= 0.3 is 0 Å². The van der Waals surface area contributed by atoms with Crippen molar-refractivity contribution in [1.82, 2.24) is 24.7 Å². The van der Waals surface area contributed by atoms with Crippen molar-refractivity contribution in [3.63, 3.8) is 0 Å². The zero-order valence-corrected chi connectivity index (χ0v) is 19.5. The third-order valence-corrected chi connectivity index (χ3v) is 8.32. The fourth-order valence-corrected chi connectivity index (χ4v) is 6.53. The van der Waals surface area contributed by atoms with Crippen molar-refractivity contribution in [1.29, 1.82) is 0 Å². The first kappa shape index (κ1) is 20.3. The maximum Gasteiger partial charge on any atom is 0.236 e. The molecule has 2 fully saturated rings. The van der Waals surface area contributed by atoms with Crippen LogP contribution in [0.5, 0.6) is 0 Å². The molecular weight excluding hydrogens is 461 g/mol. The number of hydrogen-bond acceptors (Lipinski definition) is 7. The van der Waals surface area contributed by atoms with Crippen LogP contribution >= 0.6 is 0 Å². The maximum absolute atomic E-state index is 14.4. The first-order chi connectivity index (χ1) is 17.5. The van der Waals surface area contributed by atoms with E-state index in [1.165, 1.54) is 6.07 Å². The largest absolute Gasteiger partial charge is 0.374 e. The highest BCUT2D eigenvalue weighted by atomic mass is 19.1. The number of halogens is 1. The van der Waals surface area contributed by atoms with E-state index in [-0.39, 0.29) is 36.3 Å². The molecule has 3 aromatic heterocycles. The Kier molecular flexibility index (Phi) is 3.86. The standard InChI is InChI=1S/C26H22FN7O2/c1-26-9-15-17-12-36-18(15)11-33(17)24-19(26)21(31-25(26)35)29-22(30-24)20-14-6-4-8-28-23(14)34(32-20)10-13-5-2-3-7-16(13)27/h2-8,15,17-18H,9-12H2,1H3,(H,29,30,31,35)/t15?,17-,18-,26?/m1/s1. The second kappa shape index (κ2) is 6.85. The Labute approximate surface area is 205 Å². The van der Waals surface area contributed by atoms with Crippen LogP contribution < -0.4 is 10.2 Å². The number of benzene rings is 1. The van der Waals surface area contributed by atoms with E-state index < -0.39 is 5.41 Å². The highest BCUT2D eigenvalue weighted by Gasteiger charge is 2.59. The van der Waals surface area contributed by atoms with Gasteiger partial charge in [0.15, 0.2) is 11.5 Å². The van der Waals surface area contributed by atoms with E-state index in [1.54, 1.807) is 29.1 Å². The Morgan fingerprint density at radius 2 is 2.11 bits per heavy atom. The van der Waals surface area contributed by atoms with E-state index >= 15 is 0 Å². The summed E-state index contributed by atoms with van der Waals surface area (Å²) >= 11 is 0. The van der Waals surface area contributed by atoms with Gasteiger partial charge in [-0.2, -0.15) is 5.10 Å². The average molecular weight is 484 g/mol. The van der Waals surface area contributed by atoms with Gasteiger partial charge in [-0.05, 0) is 31.5 Å². The zero-order valence-electron chi connectivity index (χ0n) is 19.5. The molecule has 4 bridgehead atoms. The Balaban J connectivity index is 1.32. The van der Waals surface area contributed by atoms with Crippen LogP contribution in [0.1, 0.15) is 24.5 Å². The van der Waals surface area contributed by atoms with E-state index in [1.807, 2.05) is 19.1 Å². The molecule has 1 N–H and O–H groups in total. The molecule has 7 heterocycles. The molecule has 0 spiro atoms. The molecule has 1 amide bonds. The van der Waals surface area contributed by atoms with E-state index in [9.17, 15) is 9.18 Å². The summed E-state index contributed by atoms with van der Waals surface area (Å²) in [6, 6.07) is 10.6. The molecule has 36 heavy (non-hydrogen) atoms. The molecule has 4 aliphatic heterocycles. The van der Waals surface area contributed by atoms with Crippen molar-refractivity contribution in [2.24, 2.45) is 5.92 Å². The molecule has 2 saturated heterocycles. The second-order valence-corrected chi connectivity index (χ2v) is 10.3. The number of pyridine rings is 1. The summed E-state index contributed by atoms with van der Waals surface area (Å²) in [6.45, 7) is 3.61. The van der Waals surface area contributed by atoms with Gasteiger partial charge in [0, 0.05) is 24.2 Å². The second-order valence-electron chi connectivity index (χ2n) is 10.3. The predicted octanol–water partition coefficient (Wildman–Crippen LogP) is 2.89. The summed E-state index contributed by atoms with van der Waals surface area (Å²) < 4.78 is 22.1. The highest BCUT2D eigenvalue weighted by Crippen LogP contribution is 2.54. The smallest absolute Gasteiger partial charge is 0.236 e. The lowest BCUT2D eigenvalue weighted by Gasteiger charge is -2.31. The molecular formula is C26H22FN7O2. The van der Waals surface area contributed by atoms with E-state index in [0.717, 1.165) is 29.7 Å². The van der Waals surface area contributed by atoms with Gasteiger partial charge in [-0.25, -0.2) is 24.0 Å². The van der Waals surface area contributed by atoms with Crippen molar-refractivity contribution >= 4 is 28.6 Å². The number of nitrogens with zero attached hydrogens (tertiary/aromatic N) is 6. The number of carbonyl (C=O) groups excluding carboxylic acids is 1. The lowest BCUT2D eigenvalue weighted by molar-refractivity contribution is -0.121. The molecule has 4 aromatic rings. The number of hydrogen-bond donors (Lipinski definition) is 1. The number of rotatable bonds is 3. The quantitative estimate of drug-likeness (QED) is 0.479. The van der Waals surface area contributed by atoms with Gasteiger partial charge in [-0.3, -0.25) is 4.79 Å². The maximum atomic E-state index is 14.4. The number of nitrogens with one attached hydrogen (secondary N) is 1. The molecule has 0 saturated carbocycles. The highest BCUT2D eigenvalue weighted by molar-refractivity contribution is 6.07. The number of fused-ring (bicyclic) bond motifs is 2. The molecule has 0 radical (unpaired) electrons. The number of amides is 1. The van der Waals surface area contributed by atoms with Crippen LogP contribution in [0.3, 0.4) is 0 Å². The SMILES string of the molecule is CC12CC3[C@H]4CO[C@@H]3CN4c3nc(-c4nn(Cc5ccccc5F)c5ncccc45)nc(c31)NC2=O. The summed E-state index contributed by atoms with van der Waals surface area (Å²) in [7, 11) is 0. The van der Waals surface area contributed by atoms with Crippen molar-refractivity contribution in [3.8, 4) is 11.5 Å². The van der Waals surface area contributed by atoms with E-state index in [0.29, 0.717) is 35.2 Å². The summed E-state index contributed by atoms with van der Waals surface area (Å²) in [6.07, 6.45) is 2.52. The Bertz CT molecular complexity index is 1600. The van der Waals surface area contributed by atoms with Gasteiger partial charge in [0.05, 0.1) is 41.7 Å².